The average molecular weight is 408 g/mol. The molecule has 2 heterocycles. The van der Waals surface area contributed by atoms with Crippen LogP contribution in [-0.4, -0.2) is 16.0 Å². The fourth-order valence-electron chi connectivity index (χ4n) is 2.80. The molecule has 0 aliphatic rings. The zero-order valence-electron chi connectivity index (χ0n) is 15.5. The minimum atomic E-state index is -0.117. The molecule has 0 saturated heterocycles. The molecule has 0 bridgehead atoms. The van der Waals surface area contributed by atoms with E-state index in [4.69, 9.17) is 20.5 Å². The van der Waals surface area contributed by atoms with Crippen molar-refractivity contribution in [1.29, 1.82) is 0 Å². The van der Waals surface area contributed by atoms with Crippen LogP contribution in [0.2, 0.25) is 5.02 Å². The van der Waals surface area contributed by atoms with E-state index in [-0.39, 0.29) is 12.3 Å². The summed E-state index contributed by atoms with van der Waals surface area (Å²) in [6.07, 6.45) is 0.626. The number of hydrogen-bond acceptors (Lipinski definition) is 5. The number of nitrogens with zero attached hydrogens (tertiary/aromatic N) is 2. The second-order valence-corrected chi connectivity index (χ2v) is 6.86. The molecule has 2 aromatic carbocycles. The number of carbonyl (C=O) groups is 1. The van der Waals surface area contributed by atoms with Gasteiger partial charge in [-0.1, -0.05) is 47.1 Å². The lowest BCUT2D eigenvalue weighted by atomic mass is 10.2. The Morgan fingerprint density at radius 2 is 1.76 bits per heavy atom. The number of halogens is 1. The highest BCUT2D eigenvalue weighted by atomic mass is 35.5. The van der Waals surface area contributed by atoms with Crippen molar-refractivity contribution in [1.82, 2.24) is 15.5 Å². The van der Waals surface area contributed by atoms with Gasteiger partial charge in [0.05, 0.1) is 6.54 Å². The van der Waals surface area contributed by atoms with Crippen LogP contribution in [0, 0.1) is 0 Å². The fraction of sp³-hybridized carbons (Fsp3) is 0.136. The minimum absolute atomic E-state index is 0.117. The van der Waals surface area contributed by atoms with Crippen LogP contribution >= 0.6 is 11.6 Å². The molecule has 7 heteroatoms. The Hall–Kier alpha value is -3.38. The zero-order valence-corrected chi connectivity index (χ0v) is 16.2. The van der Waals surface area contributed by atoms with Crippen molar-refractivity contribution in [2.45, 2.75) is 19.4 Å². The van der Waals surface area contributed by atoms with E-state index in [0.29, 0.717) is 35.5 Å². The summed E-state index contributed by atoms with van der Waals surface area (Å²) in [5, 5.41) is 7.46. The third-order valence-corrected chi connectivity index (χ3v) is 4.57. The SMILES string of the molecule is O=C(CCc1nc(-c2ccccc2)no1)NCc1ccc(-c2ccc(Cl)cc2)o1. The molecule has 1 amide bonds. The number of aromatic nitrogens is 2. The van der Waals surface area contributed by atoms with E-state index < -0.39 is 0 Å². The van der Waals surface area contributed by atoms with Crippen molar-refractivity contribution in [3.63, 3.8) is 0 Å². The monoisotopic (exact) mass is 407 g/mol. The van der Waals surface area contributed by atoms with E-state index >= 15 is 0 Å². The number of benzene rings is 2. The Morgan fingerprint density at radius 1 is 0.966 bits per heavy atom. The van der Waals surface area contributed by atoms with Gasteiger partial charge in [0.15, 0.2) is 0 Å². The maximum Gasteiger partial charge on any atom is 0.227 e. The molecule has 0 aliphatic heterocycles. The van der Waals surface area contributed by atoms with Gasteiger partial charge in [0.1, 0.15) is 11.5 Å². The van der Waals surface area contributed by atoms with Crippen molar-refractivity contribution in [3.8, 4) is 22.7 Å². The summed E-state index contributed by atoms with van der Waals surface area (Å²) in [7, 11) is 0. The summed E-state index contributed by atoms with van der Waals surface area (Å²) < 4.78 is 11.0. The molecular weight excluding hydrogens is 390 g/mol. The van der Waals surface area contributed by atoms with Gasteiger partial charge in [0.25, 0.3) is 0 Å². The number of hydrogen-bond donors (Lipinski definition) is 1. The van der Waals surface area contributed by atoms with Gasteiger partial charge in [-0.05, 0) is 36.4 Å². The van der Waals surface area contributed by atoms with Gasteiger partial charge >= 0.3 is 0 Å². The van der Waals surface area contributed by atoms with Gasteiger partial charge in [-0.3, -0.25) is 4.79 Å². The van der Waals surface area contributed by atoms with Gasteiger partial charge in [-0.15, -0.1) is 0 Å². The minimum Gasteiger partial charge on any atom is -0.459 e. The lowest BCUT2D eigenvalue weighted by Crippen LogP contribution is -2.22. The number of nitrogens with one attached hydrogen (secondary N) is 1. The standard InChI is InChI=1S/C22H18ClN3O3/c23-17-8-6-15(7-9-17)19-11-10-18(28-19)14-24-20(27)12-13-21-25-22(26-29-21)16-4-2-1-3-5-16/h1-11H,12-14H2,(H,24,27). The Labute approximate surface area is 172 Å². The highest BCUT2D eigenvalue weighted by Gasteiger charge is 2.11. The van der Waals surface area contributed by atoms with Gasteiger partial charge in [0, 0.05) is 29.0 Å². The molecule has 0 atom stereocenters. The molecule has 146 valence electrons. The molecule has 6 nitrogen and oxygen atoms in total. The highest BCUT2D eigenvalue weighted by molar-refractivity contribution is 6.30. The molecule has 2 aromatic heterocycles. The lowest BCUT2D eigenvalue weighted by molar-refractivity contribution is -0.121. The van der Waals surface area contributed by atoms with E-state index in [0.717, 1.165) is 16.9 Å². The van der Waals surface area contributed by atoms with Gasteiger partial charge < -0.3 is 14.3 Å². The zero-order chi connectivity index (χ0) is 20.1. The normalized spacial score (nSPS) is 10.8. The van der Waals surface area contributed by atoms with Crippen molar-refractivity contribution in [2.75, 3.05) is 0 Å². The maximum absolute atomic E-state index is 12.1. The van der Waals surface area contributed by atoms with Crippen molar-refractivity contribution < 1.29 is 13.7 Å². The molecule has 0 saturated carbocycles. The van der Waals surface area contributed by atoms with Crippen LogP contribution in [0.25, 0.3) is 22.7 Å². The number of rotatable bonds is 7. The first kappa shape index (κ1) is 19.0. The first-order chi connectivity index (χ1) is 14.2. The fourth-order valence-corrected chi connectivity index (χ4v) is 2.92. The first-order valence-electron chi connectivity index (χ1n) is 9.17. The van der Waals surface area contributed by atoms with Gasteiger partial charge in [-0.25, -0.2) is 0 Å². The number of aryl methyl sites for hydroxylation is 1. The summed E-state index contributed by atoms with van der Waals surface area (Å²) in [4.78, 5) is 16.5. The third-order valence-electron chi connectivity index (χ3n) is 4.32. The van der Waals surface area contributed by atoms with Crippen LogP contribution in [0.3, 0.4) is 0 Å². The summed E-state index contributed by atoms with van der Waals surface area (Å²) >= 11 is 5.90. The quantitative estimate of drug-likeness (QED) is 0.471. The summed E-state index contributed by atoms with van der Waals surface area (Å²) in [5.41, 5.74) is 1.80. The van der Waals surface area contributed by atoms with Crippen molar-refractivity contribution in [2.24, 2.45) is 0 Å². The predicted octanol–water partition coefficient (Wildman–Crippen LogP) is 4.90. The average Bonchev–Trinajstić information content (AvgIpc) is 3.42. The van der Waals surface area contributed by atoms with Gasteiger partial charge in [0.2, 0.25) is 17.6 Å². The third kappa shape index (κ3) is 4.92. The molecular formula is C22H18ClN3O3. The molecule has 4 rings (SSSR count). The molecule has 0 aliphatic carbocycles. The predicted molar refractivity (Wildman–Crippen MR) is 109 cm³/mol. The van der Waals surface area contributed by atoms with Crippen LogP contribution in [0.5, 0.6) is 0 Å². The Morgan fingerprint density at radius 3 is 2.55 bits per heavy atom. The molecule has 1 N–H and O–H groups in total. The van der Waals surface area contributed by atoms with Crippen molar-refractivity contribution >= 4 is 17.5 Å². The number of furan rings is 1. The Bertz CT molecular complexity index is 1090. The summed E-state index contributed by atoms with van der Waals surface area (Å²) in [6, 6.07) is 20.6. The lowest BCUT2D eigenvalue weighted by Gasteiger charge is -2.02. The van der Waals surface area contributed by atoms with Crippen LogP contribution in [0.1, 0.15) is 18.1 Å². The van der Waals surface area contributed by atoms with Crippen LogP contribution in [0.4, 0.5) is 0 Å². The second-order valence-electron chi connectivity index (χ2n) is 6.43. The topological polar surface area (TPSA) is 81.2 Å². The maximum atomic E-state index is 12.1. The molecule has 0 radical (unpaired) electrons. The molecule has 29 heavy (non-hydrogen) atoms. The number of amides is 1. The highest BCUT2D eigenvalue weighted by Crippen LogP contribution is 2.23. The number of carbonyl (C=O) groups excluding carboxylic acids is 1. The van der Waals surface area contributed by atoms with Crippen LogP contribution in [-0.2, 0) is 17.8 Å². The second kappa shape index (κ2) is 8.75. The van der Waals surface area contributed by atoms with Crippen LogP contribution < -0.4 is 5.32 Å². The summed E-state index contributed by atoms with van der Waals surface area (Å²) in [6.45, 7) is 0.311. The molecule has 4 aromatic rings. The van der Waals surface area contributed by atoms with E-state index in [1.54, 1.807) is 0 Å². The molecule has 0 spiro atoms. The van der Waals surface area contributed by atoms with E-state index in [2.05, 4.69) is 15.5 Å². The summed E-state index contributed by atoms with van der Waals surface area (Å²) in [5.74, 6) is 2.24. The Kier molecular flexibility index (Phi) is 5.72. The molecule has 0 fully saturated rings. The van der Waals surface area contributed by atoms with E-state index in [1.807, 2.05) is 66.7 Å². The van der Waals surface area contributed by atoms with E-state index in [9.17, 15) is 4.79 Å². The molecule has 0 unspecified atom stereocenters. The first-order valence-corrected chi connectivity index (χ1v) is 9.54. The van der Waals surface area contributed by atoms with Gasteiger partial charge in [-0.2, -0.15) is 4.98 Å². The van der Waals surface area contributed by atoms with Crippen molar-refractivity contribution in [3.05, 3.63) is 83.4 Å². The smallest absolute Gasteiger partial charge is 0.227 e. The van der Waals surface area contributed by atoms with E-state index in [1.165, 1.54) is 0 Å². The van der Waals surface area contributed by atoms with Crippen LogP contribution in [0.15, 0.2) is 75.7 Å². The Balaban J connectivity index is 1.27. The largest absolute Gasteiger partial charge is 0.459 e.